The molecule has 0 saturated heterocycles. The number of hydrogen-bond donors (Lipinski definition) is 0. The van der Waals surface area contributed by atoms with Crippen molar-refractivity contribution in [3.8, 4) is 12.3 Å². The van der Waals surface area contributed by atoms with E-state index in [1.807, 2.05) is 0 Å². The molecule has 0 rings (SSSR count). The van der Waals surface area contributed by atoms with E-state index in [0.29, 0.717) is 5.92 Å². The highest BCUT2D eigenvalue weighted by molar-refractivity contribution is 4.89. The highest BCUT2D eigenvalue weighted by Gasteiger charge is 1.97. The molecular weight excluding hydrogens is 120 g/mol. The third-order valence-corrected chi connectivity index (χ3v) is 1.70. The Labute approximate surface area is 65.0 Å². The maximum atomic E-state index is 5.24. The quantitative estimate of drug-likeness (QED) is 0.524. The largest absolute Gasteiger partial charge is 0.120 e. The van der Waals surface area contributed by atoms with Crippen LogP contribution < -0.4 is 0 Å². The van der Waals surface area contributed by atoms with E-state index in [-0.39, 0.29) is 0 Å². The molecule has 58 valence electrons. The minimum absolute atomic E-state index is 0.471. The third-order valence-electron chi connectivity index (χ3n) is 1.70. The van der Waals surface area contributed by atoms with Gasteiger partial charge >= 0.3 is 0 Å². The van der Waals surface area contributed by atoms with Crippen molar-refractivity contribution in [1.29, 1.82) is 0 Å². The third kappa shape index (κ3) is 5.69. The SMILES string of the molecule is C#CC(C)CCCC(C)C. The Balaban J connectivity index is 3.13. The molecule has 0 fully saturated rings. The van der Waals surface area contributed by atoms with Gasteiger partial charge in [0.2, 0.25) is 0 Å². The fraction of sp³-hybridized carbons (Fsp3) is 0.800. The molecule has 0 heteroatoms. The van der Waals surface area contributed by atoms with Crippen LogP contribution in [0.3, 0.4) is 0 Å². The van der Waals surface area contributed by atoms with Crippen molar-refractivity contribution in [2.45, 2.75) is 40.0 Å². The first-order valence-electron chi connectivity index (χ1n) is 4.13. The average Bonchev–Trinajstić information content (AvgIpc) is 1.87. The van der Waals surface area contributed by atoms with Crippen molar-refractivity contribution in [2.24, 2.45) is 11.8 Å². The van der Waals surface area contributed by atoms with Gasteiger partial charge in [-0.3, -0.25) is 0 Å². The molecule has 0 aromatic heterocycles. The van der Waals surface area contributed by atoms with Crippen LogP contribution in [0.1, 0.15) is 40.0 Å². The second-order valence-electron chi connectivity index (χ2n) is 3.39. The molecule has 1 atom stereocenters. The van der Waals surface area contributed by atoms with Gasteiger partial charge in [-0.1, -0.05) is 33.6 Å². The minimum Gasteiger partial charge on any atom is -0.120 e. The van der Waals surface area contributed by atoms with E-state index in [9.17, 15) is 0 Å². The van der Waals surface area contributed by atoms with Crippen LogP contribution in [-0.4, -0.2) is 0 Å². The summed E-state index contributed by atoms with van der Waals surface area (Å²) >= 11 is 0. The summed E-state index contributed by atoms with van der Waals surface area (Å²) in [5.74, 6) is 4.03. The van der Waals surface area contributed by atoms with Crippen molar-refractivity contribution in [3.63, 3.8) is 0 Å². The second-order valence-corrected chi connectivity index (χ2v) is 3.39. The minimum atomic E-state index is 0.471. The maximum absolute atomic E-state index is 5.24. The van der Waals surface area contributed by atoms with Crippen molar-refractivity contribution < 1.29 is 0 Å². The van der Waals surface area contributed by atoms with Crippen molar-refractivity contribution in [1.82, 2.24) is 0 Å². The number of hydrogen-bond acceptors (Lipinski definition) is 0. The summed E-state index contributed by atoms with van der Waals surface area (Å²) in [7, 11) is 0. The van der Waals surface area contributed by atoms with Gasteiger partial charge in [0.1, 0.15) is 0 Å². The van der Waals surface area contributed by atoms with Gasteiger partial charge in [-0.2, -0.15) is 0 Å². The predicted molar refractivity (Wildman–Crippen MR) is 46.7 cm³/mol. The zero-order valence-electron chi connectivity index (χ0n) is 7.35. The van der Waals surface area contributed by atoms with Gasteiger partial charge in [0.05, 0.1) is 0 Å². The first-order valence-corrected chi connectivity index (χ1v) is 4.13. The van der Waals surface area contributed by atoms with Crippen molar-refractivity contribution in [3.05, 3.63) is 0 Å². The van der Waals surface area contributed by atoms with Crippen LogP contribution in [0.5, 0.6) is 0 Å². The van der Waals surface area contributed by atoms with E-state index in [0.717, 1.165) is 5.92 Å². The van der Waals surface area contributed by atoms with Crippen LogP contribution in [0.25, 0.3) is 0 Å². The van der Waals surface area contributed by atoms with E-state index in [1.165, 1.54) is 19.3 Å². The predicted octanol–water partition coefficient (Wildman–Crippen LogP) is 3.08. The van der Waals surface area contributed by atoms with Gasteiger partial charge < -0.3 is 0 Å². The lowest BCUT2D eigenvalue weighted by Crippen LogP contribution is -1.92. The molecular formula is C10H18. The highest BCUT2D eigenvalue weighted by Crippen LogP contribution is 2.10. The van der Waals surface area contributed by atoms with Crippen molar-refractivity contribution >= 4 is 0 Å². The molecule has 0 bridgehead atoms. The molecule has 0 aromatic rings. The summed E-state index contributed by atoms with van der Waals surface area (Å²) in [6.07, 6.45) is 9.02. The van der Waals surface area contributed by atoms with Gasteiger partial charge in [-0.25, -0.2) is 0 Å². The molecule has 0 radical (unpaired) electrons. The molecule has 0 aliphatic heterocycles. The molecule has 0 heterocycles. The van der Waals surface area contributed by atoms with Crippen LogP contribution in [0.4, 0.5) is 0 Å². The molecule has 0 saturated carbocycles. The Hall–Kier alpha value is -0.440. The van der Waals surface area contributed by atoms with E-state index < -0.39 is 0 Å². The average molecular weight is 138 g/mol. The first kappa shape index (κ1) is 9.56. The summed E-state index contributed by atoms with van der Waals surface area (Å²) in [5, 5.41) is 0. The smallest absolute Gasteiger partial charge is 0.0171 e. The fourth-order valence-electron chi connectivity index (χ4n) is 0.916. The van der Waals surface area contributed by atoms with Crippen molar-refractivity contribution in [2.75, 3.05) is 0 Å². The van der Waals surface area contributed by atoms with Gasteiger partial charge in [0, 0.05) is 5.92 Å². The lowest BCUT2D eigenvalue weighted by atomic mass is 10.0. The Morgan fingerprint density at radius 2 is 1.80 bits per heavy atom. The van der Waals surface area contributed by atoms with Gasteiger partial charge in [-0.05, 0) is 12.3 Å². The Morgan fingerprint density at radius 1 is 1.20 bits per heavy atom. The summed E-state index contributed by atoms with van der Waals surface area (Å²) in [5.41, 5.74) is 0. The molecule has 0 N–H and O–H groups in total. The summed E-state index contributed by atoms with van der Waals surface area (Å²) in [4.78, 5) is 0. The number of terminal acetylenes is 1. The molecule has 0 nitrogen and oxygen atoms in total. The van der Waals surface area contributed by atoms with Crippen LogP contribution >= 0.6 is 0 Å². The van der Waals surface area contributed by atoms with Crippen LogP contribution in [0.15, 0.2) is 0 Å². The molecule has 10 heavy (non-hydrogen) atoms. The van der Waals surface area contributed by atoms with E-state index in [1.54, 1.807) is 0 Å². The molecule has 1 unspecified atom stereocenters. The summed E-state index contributed by atoms with van der Waals surface area (Å²) in [6.45, 7) is 6.61. The fourth-order valence-corrected chi connectivity index (χ4v) is 0.916. The summed E-state index contributed by atoms with van der Waals surface area (Å²) in [6, 6.07) is 0. The van der Waals surface area contributed by atoms with Crippen LogP contribution in [0, 0.1) is 24.2 Å². The molecule has 0 aliphatic carbocycles. The van der Waals surface area contributed by atoms with Gasteiger partial charge in [0.25, 0.3) is 0 Å². The Bertz CT molecular complexity index is 106. The zero-order valence-corrected chi connectivity index (χ0v) is 7.35. The molecule has 0 spiro atoms. The molecule has 0 amide bonds. The lowest BCUT2D eigenvalue weighted by molar-refractivity contribution is 0.507. The molecule has 0 aromatic carbocycles. The Kier molecular flexibility index (Phi) is 5.12. The molecule has 0 aliphatic rings. The highest BCUT2D eigenvalue weighted by atomic mass is 14.0. The maximum Gasteiger partial charge on any atom is 0.0171 e. The van der Waals surface area contributed by atoms with Gasteiger partial charge in [0.15, 0.2) is 0 Å². The standard InChI is InChI=1S/C10H18/c1-5-10(4)8-6-7-9(2)3/h1,9-10H,6-8H2,2-4H3. The van der Waals surface area contributed by atoms with Crippen LogP contribution in [0.2, 0.25) is 0 Å². The first-order chi connectivity index (χ1) is 4.66. The second kappa shape index (κ2) is 5.35. The zero-order chi connectivity index (χ0) is 7.98. The Morgan fingerprint density at radius 3 is 2.20 bits per heavy atom. The monoisotopic (exact) mass is 138 g/mol. The topological polar surface area (TPSA) is 0 Å². The normalized spacial score (nSPS) is 13.1. The van der Waals surface area contributed by atoms with Gasteiger partial charge in [-0.15, -0.1) is 12.3 Å². The number of rotatable bonds is 4. The van der Waals surface area contributed by atoms with E-state index >= 15 is 0 Å². The lowest BCUT2D eigenvalue weighted by Gasteiger charge is -2.05. The summed E-state index contributed by atoms with van der Waals surface area (Å²) < 4.78 is 0. The van der Waals surface area contributed by atoms with Crippen LogP contribution in [-0.2, 0) is 0 Å². The van der Waals surface area contributed by atoms with E-state index in [4.69, 9.17) is 6.42 Å². The van der Waals surface area contributed by atoms with E-state index in [2.05, 4.69) is 26.7 Å².